The number of nitrogens with two attached hydrogens (primary N) is 2. The fourth-order valence-corrected chi connectivity index (χ4v) is 12.6. The van der Waals surface area contributed by atoms with Crippen molar-refractivity contribution in [3.8, 4) is 0 Å². The van der Waals surface area contributed by atoms with Gasteiger partial charge in [0.25, 0.3) is 0 Å². The molecule has 5 fully saturated rings. The second-order valence-electron chi connectivity index (χ2n) is 19.0. The number of carbonyl (C=O) groups is 1. The van der Waals surface area contributed by atoms with Crippen LogP contribution in [0.2, 0.25) is 0 Å². The SMILES string of the molecule is CC[C@H](CC[C@@H](C)[C@H]1CC[C@H]2[C@@H]3CC=C4C[C@@H](OC(=O)N(CCC5CC(N)C5)CCC5CC(N)C5)CC[C@]4(C)[C@H]3CC[C@]12C)C(C)C. The Morgan fingerprint density at radius 1 is 0.915 bits per heavy atom. The van der Waals surface area contributed by atoms with Crippen LogP contribution in [0.3, 0.4) is 0 Å². The second kappa shape index (κ2) is 14.7. The molecule has 6 aliphatic carbocycles. The maximum Gasteiger partial charge on any atom is 0.410 e. The molecule has 0 aliphatic heterocycles. The van der Waals surface area contributed by atoms with Crippen molar-refractivity contribution in [3.05, 3.63) is 11.6 Å². The highest BCUT2D eigenvalue weighted by molar-refractivity contribution is 5.68. The molecule has 0 aromatic carbocycles. The van der Waals surface area contributed by atoms with E-state index in [2.05, 4.69) is 47.6 Å². The Morgan fingerprint density at radius 2 is 1.57 bits per heavy atom. The molecule has 6 rings (SSSR count). The third kappa shape index (κ3) is 7.38. The summed E-state index contributed by atoms with van der Waals surface area (Å²) in [5.41, 5.74) is 14.5. The van der Waals surface area contributed by atoms with Crippen LogP contribution < -0.4 is 11.5 Å². The van der Waals surface area contributed by atoms with Crippen molar-refractivity contribution in [2.75, 3.05) is 13.1 Å². The quantitative estimate of drug-likeness (QED) is 0.194. The summed E-state index contributed by atoms with van der Waals surface area (Å²) >= 11 is 0. The number of ether oxygens (including phenoxy) is 1. The van der Waals surface area contributed by atoms with E-state index in [-0.39, 0.29) is 17.6 Å². The molecule has 1 amide bonds. The molecule has 0 unspecified atom stereocenters. The van der Waals surface area contributed by atoms with E-state index in [0.717, 1.165) is 106 Å². The lowest BCUT2D eigenvalue weighted by Gasteiger charge is -2.58. The van der Waals surface area contributed by atoms with Crippen LogP contribution in [0.15, 0.2) is 11.6 Å². The van der Waals surface area contributed by atoms with Crippen molar-refractivity contribution >= 4 is 6.09 Å². The fourth-order valence-electron chi connectivity index (χ4n) is 12.6. The van der Waals surface area contributed by atoms with Gasteiger partial charge in [-0.25, -0.2) is 4.79 Å². The largest absolute Gasteiger partial charge is 0.446 e. The van der Waals surface area contributed by atoms with Crippen LogP contribution in [0.1, 0.15) is 151 Å². The monoisotopic (exact) mass is 652 g/mol. The summed E-state index contributed by atoms with van der Waals surface area (Å²) in [6.07, 6.45) is 23.4. The summed E-state index contributed by atoms with van der Waals surface area (Å²) < 4.78 is 6.38. The number of carbonyl (C=O) groups excluding carboxylic acids is 1. The molecule has 268 valence electrons. The predicted octanol–water partition coefficient (Wildman–Crippen LogP) is 9.73. The van der Waals surface area contributed by atoms with Crippen LogP contribution in [-0.4, -0.2) is 42.3 Å². The summed E-state index contributed by atoms with van der Waals surface area (Å²) in [6, 6.07) is 0.725. The van der Waals surface area contributed by atoms with Crippen LogP contribution >= 0.6 is 0 Å². The Bertz CT molecular complexity index is 1070. The van der Waals surface area contributed by atoms with E-state index in [9.17, 15) is 4.79 Å². The Kier molecular flexibility index (Phi) is 11.1. The molecule has 5 nitrogen and oxygen atoms in total. The predicted molar refractivity (Wildman–Crippen MR) is 195 cm³/mol. The summed E-state index contributed by atoms with van der Waals surface area (Å²) in [7, 11) is 0. The van der Waals surface area contributed by atoms with Gasteiger partial charge in [0.15, 0.2) is 0 Å². The van der Waals surface area contributed by atoms with Crippen LogP contribution in [0, 0.1) is 64.1 Å². The van der Waals surface area contributed by atoms with Gasteiger partial charge in [-0.05, 0) is 154 Å². The van der Waals surface area contributed by atoms with Gasteiger partial charge in [-0.1, -0.05) is 66.0 Å². The van der Waals surface area contributed by atoms with Gasteiger partial charge in [0.2, 0.25) is 0 Å². The first kappa shape index (κ1) is 35.7. The number of hydrogen-bond donors (Lipinski definition) is 2. The molecule has 6 aliphatic rings. The lowest BCUT2D eigenvalue weighted by atomic mass is 9.47. The standard InChI is InChI=1S/C42H73N3O2/c1-7-31(27(2)3)9-8-28(4)37-12-13-38-36-11-10-32-26-35(14-18-41(32,5)39(36)15-19-42(37,38)6)47-40(46)45(20-16-29-22-33(43)23-29)21-17-30-24-34(44)25-30/h10,27-31,33-39H,7-9,11-26,43-44H2,1-6H3/t28-,29?,30?,31-,33?,34?,35+,36+,37-,38+,39+,41+,42-/m1/s1. The average molecular weight is 652 g/mol. The summed E-state index contributed by atoms with van der Waals surface area (Å²) in [6.45, 7) is 16.8. The maximum atomic E-state index is 13.7. The first-order valence-corrected chi connectivity index (χ1v) is 20.6. The molecule has 4 N–H and O–H groups in total. The number of allylic oxidation sites excluding steroid dienone is 1. The zero-order valence-corrected chi connectivity index (χ0v) is 31.4. The van der Waals surface area contributed by atoms with Crippen LogP contribution in [0.5, 0.6) is 0 Å². The molecule has 0 bridgehead atoms. The Morgan fingerprint density at radius 3 is 2.17 bits per heavy atom. The molecule has 0 aromatic heterocycles. The summed E-state index contributed by atoms with van der Waals surface area (Å²) in [5.74, 6) is 7.31. The van der Waals surface area contributed by atoms with Gasteiger partial charge in [-0.15, -0.1) is 0 Å². The van der Waals surface area contributed by atoms with Crippen molar-refractivity contribution in [2.45, 2.75) is 169 Å². The maximum absolute atomic E-state index is 13.7. The highest BCUT2D eigenvalue weighted by Crippen LogP contribution is 2.67. The molecular formula is C42H73N3O2. The van der Waals surface area contributed by atoms with Gasteiger partial charge in [0.1, 0.15) is 6.10 Å². The van der Waals surface area contributed by atoms with Crippen molar-refractivity contribution in [2.24, 2.45) is 75.6 Å². The first-order chi connectivity index (χ1) is 22.4. The number of hydrogen-bond acceptors (Lipinski definition) is 4. The van der Waals surface area contributed by atoms with Gasteiger partial charge < -0.3 is 21.1 Å². The number of amides is 1. The van der Waals surface area contributed by atoms with Crippen LogP contribution in [0.4, 0.5) is 4.79 Å². The minimum Gasteiger partial charge on any atom is -0.446 e. The molecule has 0 spiro atoms. The lowest BCUT2D eigenvalue weighted by Crippen LogP contribution is -2.51. The van der Waals surface area contributed by atoms with Gasteiger partial charge in [0, 0.05) is 31.6 Å². The molecule has 47 heavy (non-hydrogen) atoms. The van der Waals surface area contributed by atoms with E-state index < -0.39 is 0 Å². The highest BCUT2D eigenvalue weighted by Gasteiger charge is 2.59. The molecular weight excluding hydrogens is 578 g/mol. The third-order valence-electron chi connectivity index (χ3n) is 16.0. The zero-order chi connectivity index (χ0) is 33.5. The molecule has 0 heterocycles. The van der Waals surface area contributed by atoms with Crippen molar-refractivity contribution in [1.82, 2.24) is 4.90 Å². The third-order valence-corrected chi connectivity index (χ3v) is 16.0. The Labute approximate surface area is 289 Å². The van der Waals surface area contributed by atoms with E-state index in [1.165, 1.54) is 57.8 Å². The molecule has 9 atom stereocenters. The molecule has 0 saturated heterocycles. The van der Waals surface area contributed by atoms with E-state index in [1.54, 1.807) is 5.57 Å². The minimum atomic E-state index is -0.0710. The molecule has 0 radical (unpaired) electrons. The van der Waals surface area contributed by atoms with Gasteiger partial charge >= 0.3 is 6.09 Å². The van der Waals surface area contributed by atoms with Gasteiger partial charge in [0.05, 0.1) is 0 Å². The Hall–Kier alpha value is -1.07. The fraction of sp³-hybridized carbons (Fsp3) is 0.929. The summed E-state index contributed by atoms with van der Waals surface area (Å²) in [5, 5.41) is 0. The normalized spacial score (nSPS) is 42.2. The van der Waals surface area contributed by atoms with E-state index in [1.807, 2.05) is 4.90 Å². The highest BCUT2D eigenvalue weighted by atomic mass is 16.6. The van der Waals surface area contributed by atoms with Crippen LogP contribution in [0.25, 0.3) is 0 Å². The van der Waals surface area contributed by atoms with Gasteiger partial charge in [-0.2, -0.15) is 0 Å². The molecule has 0 aromatic rings. The average Bonchev–Trinajstić information content (AvgIpc) is 3.36. The van der Waals surface area contributed by atoms with Gasteiger partial charge in [-0.3, -0.25) is 0 Å². The van der Waals surface area contributed by atoms with Crippen molar-refractivity contribution in [3.63, 3.8) is 0 Å². The van der Waals surface area contributed by atoms with E-state index in [0.29, 0.717) is 29.3 Å². The minimum absolute atomic E-state index is 0.0264. The lowest BCUT2D eigenvalue weighted by molar-refractivity contribution is -0.0596. The summed E-state index contributed by atoms with van der Waals surface area (Å²) in [4.78, 5) is 15.7. The molecule has 5 saturated carbocycles. The Balaban J connectivity index is 1.05. The topological polar surface area (TPSA) is 81.6 Å². The van der Waals surface area contributed by atoms with Crippen molar-refractivity contribution in [1.29, 1.82) is 0 Å². The number of nitrogens with zero attached hydrogens (tertiary/aromatic N) is 1. The van der Waals surface area contributed by atoms with E-state index >= 15 is 0 Å². The van der Waals surface area contributed by atoms with Crippen LogP contribution in [-0.2, 0) is 4.74 Å². The number of rotatable bonds is 13. The zero-order valence-electron chi connectivity index (χ0n) is 31.4. The number of fused-ring (bicyclic) bond motifs is 5. The van der Waals surface area contributed by atoms with E-state index in [4.69, 9.17) is 16.2 Å². The first-order valence-electron chi connectivity index (χ1n) is 20.6. The smallest absolute Gasteiger partial charge is 0.410 e. The molecule has 5 heteroatoms. The van der Waals surface area contributed by atoms with Crippen molar-refractivity contribution < 1.29 is 9.53 Å². The second-order valence-corrected chi connectivity index (χ2v) is 19.0.